The normalized spacial score (nSPS) is 24.2. The van der Waals surface area contributed by atoms with E-state index < -0.39 is 0 Å². The van der Waals surface area contributed by atoms with Crippen molar-refractivity contribution in [3.05, 3.63) is 29.3 Å². The fourth-order valence-electron chi connectivity index (χ4n) is 3.60. The summed E-state index contributed by atoms with van der Waals surface area (Å²) in [6, 6.07) is 6.72. The van der Waals surface area contributed by atoms with Crippen LogP contribution in [-0.2, 0) is 9.53 Å². The maximum absolute atomic E-state index is 12.4. The molecule has 0 N–H and O–H groups in total. The van der Waals surface area contributed by atoms with Crippen LogP contribution in [0.15, 0.2) is 18.2 Å². The first-order chi connectivity index (χ1) is 9.61. The number of nitrogens with zero attached hydrogens (tertiary/aromatic N) is 2. The average molecular weight is 311 g/mol. The van der Waals surface area contributed by atoms with Crippen LogP contribution in [0.25, 0.3) is 0 Å². The number of hydrogen-bond donors (Lipinski definition) is 0. The second-order valence-electron chi connectivity index (χ2n) is 5.98. The number of methoxy groups -OCH3 is 1. The number of benzene rings is 1. The van der Waals surface area contributed by atoms with E-state index in [0.29, 0.717) is 12.0 Å². The van der Waals surface area contributed by atoms with Crippen molar-refractivity contribution in [3.8, 4) is 0 Å². The molecule has 0 bridgehead atoms. The van der Waals surface area contributed by atoms with E-state index in [9.17, 15) is 4.79 Å². The molecule has 2 heterocycles. The van der Waals surface area contributed by atoms with Crippen molar-refractivity contribution >= 4 is 24.0 Å². The molecule has 2 aliphatic heterocycles. The number of carbonyl (C=O) groups is 1. The number of likely N-dealkylation sites (tertiary alicyclic amines) is 1. The molecule has 116 valence electrons. The van der Waals surface area contributed by atoms with Crippen molar-refractivity contribution in [1.82, 2.24) is 4.90 Å². The molecule has 0 radical (unpaired) electrons. The Hall–Kier alpha value is -1.10. The lowest BCUT2D eigenvalue weighted by Crippen LogP contribution is -2.48. The molecule has 3 rings (SSSR count). The summed E-state index contributed by atoms with van der Waals surface area (Å²) >= 11 is 0. The molecule has 5 heteroatoms. The molecular formula is C16H23ClN2O2. The fourth-order valence-corrected chi connectivity index (χ4v) is 3.60. The summed E-state index contributed by atoms with van der Waals surface area (Å²) in [6.45, 7) is 4.34. The molecule has 0 aliphatic carbocycles. The van der Waals surface area contributed by atoms with Gasteiger partial charge in [0.25, 0.3) is 5.91 Å². The lowest BCUT2D eigenvalue weighted by atomic mass is 9.89. The average Bonchev–Trinajstić information content (AvgIpc) is 2.72. The molecular weight excluding hydrogens is 288 g/mol. The highest BCUT2D eigenvalue weighted by Gasteiger charge is 2.43. The standard InChI is InChI=1S/C16H22N2O2.ClH/c1-11-4-5-14-12(8-11)13-9-17(2)7-6-15(13)18(14)16(19)10-20-3;/h4-5,8,13,15H,6-7,9-10H2,1-3H3;1H/t13-,15-;/m1./s1. The Labute approximate surface area is 132 Å². The third-order valence-electron chi connectivity index (χ3n) is 4.49. The van der Waals surface area contributed by atoms with Crippen LogP contribution >= 0.6 is 12.4 Å². The molecule has 21 heavy (non-hydrogen) atoms. The maximum atomic E-state index is 12.4. The molecule has 1 amide bonds. The van der Waals surface area contributed by atoms with Gasteiger partial charge in [0.1, 0.15) is 6.61 Å². The van der Waals surface area contributed by atoms with Crippen LogP contribution in [-0.4, -0.2) is 50.7 Å². The quantitative estimate of drug-likeness (QED) is 0.839. The first kappa shape index (κ1) is 16.3. The highest BCUT2D eigenvalue weighted by molar-refractivity contribution is 5.97. The predicted octanol–water partition coefficient (Wildman–Crippen LogP) is 2.20. The van der Waals surface area contributed by atoms with Crippen molar-refractivity contribution in [1.29, 1.82) is 0 Å². The van der Waals surface area contributed by atoms with Crippen molar-refractivity contribution in [3.63, 3.8) is 0 Å². The Morgan fingerprint density at radius 3 is 2.90 bits per heavy atom. The van der Waals surface area contributed by atoms with Crippen LogP contribution < -0.4 is 4.90 Å². The summed E-state index contributed by atoms with van der Waals surface area (Å²) in [5.74, 6) is 0.513. The van der Waals surface area contributed by atoms with E-state index in [1.54, 1.807) is 7.11 Å². The van der Waals surface area contributed by atoms with Crippen molar-refractivity contribution < 1.29 is 9.53 Å². The third-order valence-corrected chi connectivity index (χ3v) is 4.49. The van der Waals surface area contributed by atoms with Gasteiger partial charge in [0.2, 0.25) is 0 Å². The maximum Gasteiger partial charge on any atom is 0.253 e. The number of likely N-dealkylation sites (N-methyl/N-ethyl adjacent to an activating group) is 1. The summed E-state index contributed by atoms with van der Waals surface area (Å²) in [5, 5.41) is 0. The van der Waals surface area contributed by atoms with Gasteiger partial charge in [-0.3, -0.25) is 4.79 Å². The number of halogens is 1. The van der Waals surface area contributed by atoms with Gasteiger partial charge < -0.3 is 14.5 Å². The number of fused-ring (bicyclic) bond motifs is 3. The van der Waals surface area contributed by atoms with Gasteiger partial charge in [0.15, 0.2) is 0 Å². The number of amides is 1. The number of rotatable bonds is 2. The van der Waals surface area contributed by atoms with Gasteiger partial charge in [-0.2, -0.15) is 0 Å². The number of hydrogen-bond acceptors (Lipinski definition) is 3. The Morgan fingerprint density at radius 2 is 2.19 bits per heavy atom. The van der Waals surface area contributed by atoms with Gasteiger partial charge >= 0.3 is 0 Å². The number of anilines is 1. The highest BCUT2D eigenvalue weighted by atomic mass is 35.5. The first-order valence-corrected chi connectivity index (χ1v) is 7.22. The Kier molecular flexibility index (Phi) is 4.91. The predicted molar refractivity (Wildman–Crippen MR) is 86.4 cm³/mol. The molecule has 0 unspecified atom stereocenters. The van der Waals surface area contributed by atoms with E-state index in [-0.39, 0.29) is 24.9 Å². The van der Waals surface area contributed by atoms with Gasteiger partial charge in [0, 0.05) is 31.3 Å². The van der Waals surface area contributed by atoms with Gasteiger partial charge in [-0.05, 0) is 38.6 Å². The van der Waals surface area contributed by atoms with Crippen LogP contribution in [0.3, 0.4) is 0 Å². The molecule has 4 nitrogen and oxygen atoms in total. The highest BCUT2D eigenvalue weighted by Crippen LogP contribution is 2.44. The van der Waals surface area contributed by atoms with E-state index >= 15 is 0 Å². The summed E-state index contributed by atoms with van der Waals surface area (Å²) in [5.41, 5.74) is 3.67. The topological polar surface area (TPSA) is 32.8 Å². The molecule has 2 aliphatic rings. The van der Waals surface area contributed by atoms with E-state index in [0.717, 1.165) is 25.2 Å². The summed E-state index contributed by atoms with van der Waals surface area (Å²) in [6.07, 6.45) is 1.03. The number of aryl methyl sites for hydroxylation is 1. The van der Waals surface area contributed by atoms with Crippen LogP contribution in [0, 0.1) is 6.92 Å². The Balaban J connectivity index is 0.00000161. The molecule has 0 spiro atoms. The van der Waals surface area contributed by atoms with E-state index in [1.807, 2.05) is 4.90 Å². The molecule has 1 fully saturated rings. The molecule has 0 aromatic heterocycles. The van der Waals surface area contributed by atoms with Gasteiger partial charge in [-0.1, -0.05) is 17.7 Å². The summed E-state index contributed by atoms with van der Waals surface area (Å²) in [7, 11) is 3.74. The Bertz CT molecular complexity index is 535. The van der Waals surface area contributed by atoms with Crippen LogP contribution in [0.1, 0.15) is 23.5 Å². The minimum atomic E-state index is 0. The lowest BCUT2D eigenvalue weighted by molar-refractivity contribution is -0.122. The molecule has 0 saturated carbocycles. The van der Waals surface area contributed by atoms with E-state index in [2.05, 4.69) is 37.1 Å². The van der Waals surface area contributed by atoms with Gasteiger partial charge in [-0.15, -0.1) is 12.4 Å². The van der Waals surface area contributed by atoms with Crippen molar-refractivity contribution in [2.75, 3.05) is 38.8 Å². The molecule has 1 aromatic carbocycles. The SMILES string of the molecule is COCC(=O)N1c2ccc(C)cc2[C@H]2CN(C)CC[C@H]21.Cl. The monoisotopic (exact) mass is 310 g/mol. The van der Waals surface area contributed by atoms with Crippen LogP contribution in [0.2, 0.25) is 0 Å². The largest absolute Gasteiger partial charge is 0.375 e. The van der Waals surface area contributed by atoms with Gasteiger partial charge in [-0.25, -0.2) is 0 Å². The molecule has 1 aromatic rings. The minimum absolute atomic E-state index is 0. The smallest absolute Gasteiger partial charge is 0.253 e. The second kappa shape index (κ2) is 6.34. The van der Waals surface area contributed by atoms with E-state index in [1.165, 1.54) is 11.1 Å². The molecule has 2 atom stereocenters. The second-order valence-corrected chi connectivity index (χ2v) is 5.98. The van der Waals surface area contributed by atoms with E-state index in [4.69, 9.17) is 4.74 Å². The minimum Gasteiger partial charge on any atom is -0.375 e. The fraction of sp³-hybridized carbons (Fsp3) is 0.562. The van der Waals surface area contributed by atoms with Crippen molar-refractivity contribution in [2.24, 2.45) is 0 Å². The third kappa shape index (κ3) is 2.80. The van der Waals surface area contributed by atoms with Crippen LogP contribution in [0.5, 0.6) is 0 Å². The Morgan fingerprint density at radius 1 is 1.43 bits per heavy atom. The zero-order valence-electron chi connectivity index (χ0n) is 12.8. The van der Waals surface area contributed by atoms with Gasteiger partial charge in [0.05, 0.1) is 0 Å². The van der Waals surface area contributed by atoms with Crippen molar-refractivity contribution in [2.45, 2.75) is 25.3 Å². The van der Waals surface area contributed by atoms with Crippen LogP contribution in [0.4, 0.5) is 5.69 Å². The zero-order chi connectivity index (χ0) is 14.3. The summed E-state index contributed by atoms with van der Waals surface area (Å²) < 4.78 is 5.05. The number of piperidine rings is 1. The summed E-state index contributed by atoms with van der Waals surface area (Å²) in [4.78, 5) is 16.8. The number of carbonyl (C=O) groups excluding carboxylic acids is 1. The lowest BCUT2D eigenvalue weighted by Gasteiger charge is -2.36. The first-order valence-electron chi connectivity index (χ1n) is 7.22. The zero-order valence-corrected chi connectivity index (χ0v) is 13.7. The number of ether oxygens (including phenoxy) is 1. The molecule has 1 saturated heterocycles.